The number of aliphatic carboxylic acids is 1. The molecule has 0 aliphatic carbocycles. The molecule has 0 aromatic carbocycles. The molecule has 0 saturated carbocycles. The van der Waals surface area contributed by atoms with Crippen LogP contribution in [0.4, 0.5) is 0 Å². The topological polar surface area (TPSA) is 63.6 Å². The van der Waals surface area contributed by atoms with E-state index in [0.717, 1.165) is 0 Å². The first-order valence-electron chi connectivity index (χ1n) is 5.92. The highest BCUT2D eigenvalue weighted by atomic mass is 16.5. The SMILES string of the molecule is C=CCOC(=O)C(CCC)(CC(C)C)C(=O)O. The zero-order valence-corrected chi connectivity index (χ0v) is 10.9. The molecule has 0 aliphatic rings. The van der Waals surface area contributed by atoms with Crippen LogP contribution in [-0.4, -0.2) is 23.7 Å². The molecule has 0 bridgehead atoms. The second-order valence-electron chi connectivity index (χ2n) is 4.62. The van der Waals surface area contributed by atoms with Crippen molar-refractivity contribution >= 4 is 11.9 Å². The van der Waals surface area contributed by atoms with E-state index in [1.807, 2.05) is 20.8 Å². The molecule has 0 radical (unpaired) electrons. The Morgan fingerprint density at radius 1 is 1.47 bits per heavy atom. The van der Waals surface area contributed by atoms with Crippen LogP contribution in [0, 0.1) is 11.3 Å². The van der Waals surface area contributed by atoms with Crippen LogP contribution < -0.4 is 0 Å². The molecule has 98 valence electrons. The maximum Gasteiger partial charge on any atom is 0.323 e. The zero-order chi connectivity index (χ0) is 13.5. The zero-order valence-electron chi connectivity index (χ0n) is 10.9. The van der Waals surface area contributed by atoms with E-state index in [2.05, 4.69) is 6.58 Å². The van der Waals surface area contributed by atoms with E-state index < -0.39 is 17.4 Å². The van der Waals surface area contributed by atoms with E-state index in [9.17, 15) is 14.7 Å². The Hall–Kier alpha value is -1.32. The molecule has 1 atom stereocenters. The molecule has 0 aromatic heterocycles. The second-order valence-corrected chi connectivity index (χ2v) is 4.62. The summed E-state index contributed by atoms with van der Waals surface area (Å²) >= 11 is 0. The molecular weight excluding hydrogens is 220 g/mol. The van der Waals surface area contributed by atoms with Gasteiger partial charge in [-0.15, -0.1) is 0 Å². The number of carboxylic acid groups (broad SMARTS) is 1. The Balaban J connectivity index is 5.07. The minimum absolute atomic E-state index is 0.0513. The van der Waals surface area contributed by atoms with Gasteiger partial charge in [0.25, 0.3) is 0 Å². The normalized spacial score (nSPS) is 14.1. The highest BCUT2D eigenvalue weighted by Gasteiger charge is 2.47. The fourth-order valence-corrected chi connectivity index (χ4v) is 1.97. The summed E-state index contributed by atoms with van der Waals surface area (Å²) in [5, 5.41) is 9.35. The molecule has 4 heteroatoms. The van der Waals surface area contributed by atoms with Crippen molar-refractivity contribution in [1.82, 2.24) is 0 Å². The van der Waals surface area contributed by atoms with Crippen molar-refractivity contribution < 1.29 is 19.4 Å². The second kappa shape index (κ2) is 7.09. The molecule has 0 spiro atoms. The van der Waals surface area contributed by atoms with Crippen LogP contribution in [-0.2, 0) is 14.3 Å². The predicted octanol–water partition coefficient (Wildman–Crippen LogP) is 2.63. The van der Waals surface area contributed by atoms with Gasteiger partial charge in [0.15, 0.2) is 5.41 Å². The van der Waals surface area contributed by atoms with Gasteiger partial charge in [-0.1, -0.05) is 39.8 Å². The first kappa shape index (κ1) is 15.7. The van der Waals surface area contributed by atoms with Gasteiger partial charge in [-0.25, -0.2) is 0 Å². The van der Waals surface area contributed by atoms with Gasteiger partial charge < -0.3 is 9.84 Å². The molecule has 0 rings (SSSR count). The van der Waals surface area contributed by atoms with Gasteiger partial charge in [0.05, 0.1) is 0 Å². The van der Waals surface area contributed by atoms with Gasteiger partial charge in [-0.2, -0.15) is 0 Å². The molecule has 1 unspecified atom stereocenters. The van der Waals surface area contributed by atoms with E-state index in [-0.39, 0.29) is 12.5 Å². The average Bonchev–Trinajstić information content (AvgIpc) is 2.24. The minimum Gasteiger partial charge on any atom is -0.480 e. The third-order valence-electron chi connectivity index (χ3n) is 2.57. The van der Waals surface area contributed by atoms with Gasteiger partial charge in [0.1, 0.15) is 6.61 Å². The number of carboxylic acids is 1. The first-order chi connectivity index (χ1) is 7.90. The Kier molecular flexibility index (Phi) is 6.54. The van der Waals surface area contributed by atoms with E-state index in [1.165, 1.54) is 6.08 Å². The molecule has 0 aromatic rings. The van der Waals surface area contributed by atoms with Gasteiger partial charge in [0, 0.05) is 0 Å². The maximum atomic E-state index is 11.9. The Labute approximate surface area is 103 Å². The van der Waals surface area contributed by atoms with Crippen LogP contribution >= 0.6 is 0 Å². The summed E-state index contributed by atoms with van der Waals surface area (Å²) < 4.78 is 4.93. The van der Waals surface area contributed by atoms with Crippen molar-refractivity contribution in [3.8, 4) is 0 Å². The molecule has 0 heterocycles. The number of carbonyl (C=O) groups is 2. The van der Waals surface area contributed by atoms with Crippen LogP contribution in [0.3, 0.4) is 0 Å². The number of hydrogen-bond donors (Lipinski definition) is 1. The van der Waals surface area contributed by atoms with Crippen molar-refractivity contribution in [3.63, 3.8) is 0 Å². The molecule has 4 nitrogen and oxygen atoms in total. The summed E-state index contributed by atoms with van der Waals surface area (Å²) in [4.78, 5) is 23.4. The van der Waals surface area contributed by atoms with Crippen LogP contribution in [0.2, 0.25) is 0 Å². The quantitative estimate of drug-likeness (QED) is 0.404. The predicted molar refractivity (Wildman–Crippen MR) is 65.6 cm³/mol. The van der Waals surface area contributed by atoms with E-state index in [4.69, 9.17) is 4.74 Å². The molecule has 0 aliphatic heterocycles. The van der Waals surface area contributed by atoms with Gasteiger partial charge in [-0.05, 0) is 18.8 Å². The first-order valence-corrected chi connectivity index (χ1v) is 5.92. The molecule has 0 saturated heterocycles. The maximum absolute atomic E-state index is 11.9. The van der Waals surface area contributed by atoms with Crippen LogP contribution in [0.5, 0.6) is 0 Å². The molecular formula is C13H22O4. The lowest BCUT2D eigenvalue weighted by molar-refractivity contribution is -0.170. The number of rotatable bonds is 8. The lowest BCUT2D eigenvalue weighted by atomic mass is 9.76. The van der Waals surface area contributed by atoms with Crippen molar-refractivity contribution in [3.05, 3.63) is 12.7 Å². The molecule has 0 fully saturated rings. The molecule has 17 heavy (non-hydrogen) atoms. The number of ether oxygens (including phenoxy) is 1. The lowest BCUT2D eigenvalue weighted by Crippen LogP contribution is -2.42. The van der Waals surface area contributed by atoms with Crippen LogP contribution in [0.15, 0.2) is 12.7 Å². The van der Waals surface area contributed by atoms with Crippen molar-refractivity contribution in [1.29, 1.82) is 0 Å². The minimum atomic E-state index is -1.41. The van der Waals surface area contributed by atoms with E-state index in [1.54, 1.807) is 0 Å². The third-order valence-corrected chi connectivity index (χ3v) is 2.57. The van der Waals surface area contributed by atoms with E-state index >= 15 is 0 Å². The number of hydrogen-bond acceptors (Lipinski definition) is 3. The van der Waals surface area contributed by atoms with Crippen molar-refractivity contribution in [2.24, 2.45) is 11.3 Å². The monoisotopic (exact) mass is 242 g/mol. The molecule has 0 amide bonds. The van der Waals surface area contributed by atoms with Crippen LogP contribution in [0.25, 0.3) is 0 Å². The fraction of sp³-hybridized carbons (Fsp3) is 0.692. The highest BCUT2D eigenvalue weighted by molar-refractivity contribution is 5.99. The Bertz CT molecular complexity index is 283. The summed E-state index contributed by atoms with van der Waals surface area (Å²) in [5.41, 5.74) is -1.41. The molecule has 1 N–H and O–H groups in total. The number of carbonyl (C=O) groups excluding carboxylic acids is 1. The summed E-state index contributed by atoms with van der Waals surface area (Å²) in [6.07, 6.45) is 2.66. The van der Waals surface area contributed by atoms with Crippen molar-refractivity contribution in [2.45, 2.75) is 40.0 Å². The fourth-order valence-electron chi connectivity index (χ4n) is 1.97. The third kappa shape index (κ3) is 4.21. The lowest BCUT2D eigenvalue weighted by Gasteiger charge is -2.28. The average molecular weight is 242 g/mol. The smallest absolute Gasteiger partial charge is 0.323 e. The Morgan fingerprint density at radius 3 is 2.41 bits per heavy atom. The van der Waals surface area contributed by atoms with Gasteiger partial charge in [-0.3, -0.25) is 9.59 Å². The summed E-state index contributed by atoms with van der Waals surface area (Å²) in [6.45, 7) is 9.15. The van der Waals surface area contributed by atoms with E-state index in [0.29, 0.717) is 19.3 Å². The largest absolute Gasteiger partial charge is 0.480 e. The summed E-state index contributed by atoms with van der Waals surface area (Å²) in [5.74, 6) is -1.63. The van der Waals surface area contributed by atoms with Gasteiger partial charge >= 0.3 is 11.9 Å². The van der Waals surface area contributed by atoms with Gasteiger partial charge in [0.2, 0.25) is 0 Å². The standard InChI is InChI=1S/C13H22O4/c1-5-7-13(11(14)15,9-10(3)4)12(16)17-8-6-2/h6,10H,2,5,7-9H2,1,3-4H3,(H,14,15). The highest BCUT2D eigenvalue weighted by Crippen LogP contribution is 2.34. The van der Waals surface area contributed by atoms with Crippen LogP contribution in [0.1, 0.15) is 40.0 Å². The summed E-state index contributed by atoms with van der Waals surface area (Å²) in [6, 6.07) is 0. The summed E-state index contributed by atoms with van der Waals surface area (Å²) in [7, 11) is 0. The number of esters is 1. The van der Waals surface area contributed by atoms with Crippen molar-refractivity contribution in [2.75, 3.05) is 6.61 Å². The Morgan fingerprint density at radius 2 is 2.06 bits per heavy atom.